The lowest BCUT2D eigenvalue weighted by atomic mass is 9.93. The number of benzene rings is 1. The molecule has 23 heavy (non-hydrogen) atoms. The Bertz CT molecular complexity index is 615. The molecule has 4 nitrogen and oxygen atoms in total. The number of nitrogens with zero attached hydrogens (tertiary/aromatic N) is 2. The molecule has 0 amide bonds. The maximum Gasteiger partial charge on any atom is 0.0728 e. The summed E-state index contributed by atoms with van der Waals surface area (Å²) in [6.45, 7) is 2.03. The van der Waals surface area contributed by atoms with Crippen molar-refractivity contribution in [3.63, 3.8) is 0 Å². The smallest absolute Gasteiger partial charge is 0.0728 e. The van der Waals surface area contributed by atoms with Gasteiger partial charge in [0.15, 0.2) is 0 Å². The minimum Gasteiger partial charge on any atom is -0.379 e. The number of aromatic nitrogens is 2. The van der Waals surface area contributed by atoms with Crippen molar-refractivity contribution in [2.24, 2.45) is 5.92 Å². The van der Waals surface area contributed by atoms with Crippen LogP contribution in [0.15, 0.2) is 42.7 Å². The fraction of sp³-hybridized carbons (Fsp3) is 0.526. The van der Waals surface area contributed by atoms with Gasteiger partial charge < -0.3 is 10.6 Å². The summed E-state index contributed by atoms with van der Waals surface area (Å²) in [7, 11) is 0. The van der Waals surface area contributed by atoms with Gasteiger partial charge >= 0.3 is 0 Å². The topological polar surface area (TPSA) is 41.9 Å². The molecule has 1 aromatic carbocycles. The lowest BCUT2D eigenvalue weighted by molar-refractivity contribution is 0.376. The van der Waals surface area contributed by atoms with Crippen LogP contribution in [0.25, 0.3) is 0 Å². The van der Waals surface area contributed by atoms with Gasteiger partial charge in [0.1, 0.15) is 0 Å². The van der Waals surface area contributed by atoms with Gasteiger partial charge in [-0.2, -0.15) is 5.10 Å². The van der Waals surface area contributed by atoms with Crippen LogP contribution >= 0.6 is 0 Å². The summed E-state index contributed by atoms with van der Waals surface area (Å²) >= 11 is 0. The van der Waals surface area contributed by atoms with E-state index in [0.29, 0.717) is 6.04 Å². The Morgan fingerprint density at radius 1 is 1.13 bits per heavy atom. The van der Waals surface area contributed by atoms with Gasteiger partial charge in [0.25, 0.3) is 0 Å². The Labute approximate surface area is 138 Å². The van der Waals surface area contributed by atoms with Crippen molar-refractivity contribution in [2.75, 3.05) is 11.9 Å². The standard InChI is InChI=1S/C19H26N4/c1-2-6-15(7-3-1)13-23-14-16(12-21-23)22-19-9-4-8-17(19)18-10-5-11-20-18/h1-3,6-7,12,14,17-20,22H,4-5,8-11,13H2. The molecule has 3 unspecified atom stereocenters. The third-order valence-electron chi connectivity index (χ3n) is 5.36. The van der Waals surface area contributed by atoms with Gasteiger partial charge in [-0.15, -0.1) is 0 Å². The fourth-order valence-corrected chi connectivity index (χ4v) is 4.24. The minimum absolute atomic E-state index is 0.597. The lowest BCUT2D eigenvalue weighted by Crippen LogP contribution is -2.38. The SMILES string of the molecule is c1ccc(Cn2cc(NC3CCCC3C3CCCN3)cn2)cc1. The number of hydrogen-bond donors (Lipinski definition) is 2. The van der Waals surface area contributed by atoms with E-state index in [-0.39, 0.29) is 0 Å². The van der Waals surface area contributed by atoms with E-state index in [4.69, 9.17) is 0 Å². The Kier molecular flexibility index (Phi) is 4.33. The van der Waals surface area contributed by atoms with Gasteiger partial charge in [0, 0.05) is 18.3 Å². The number of nitrogens with one attached hydrogen (secondary N) is 2. The van der Waals surface area contributed by atoms with E-state index in [1.54, 1.807) is 0 Å². The van der Waals surface area contributed by atoms with Crippen molar-refractivity contribution in [3.05, 3.63) is 48.3 Å². The third kappa shape index (κ3) is 3.42. The van der Waals surface area contributed by atoms with Crippen molar-refractivity contribution in [3.8, 4) is 0 Å². The number of rotatable bonds is 5. The van der Waals surface area contributed by atoms with Gasteiger partial charge in [-0.3, -0.25) is 4.68 Å². The van der Waals surface area contributed by atoms with E-state index in [1.165, 1.54) is 44.2 Å². The second kappa shape index (κ2) is 6.75. The van der Waals surface area contributed by atoms with Crippen LogP contribution in [0.3, 0.4) is 0 Å². The Morgan fingerprint density at radius 2 is 2.04 bits per heavy atom. The highest BCUT2D eigenvalue weighted by Gasteiger charge is 2.34. The molecule has 1 saturated heterocycles. The molecule has 0 spiro atoms. The molecule has 122 valence electrons. The van der Waals surface area contributed by atoms with E-state index in [9.17, 15) is 0 Å². The molecule has 2 N–H and O–H groups in total. The summed E-state index contributed by atoms with van der Waals surface area (Å²) in [4.78, 5) is 0. The van der Waals surface area contributed by atoms with E-state index in [0.717, 1.165) is 24.2 Å². The summed E-state index contributed by atoms with van der Waals surface area (Å²) < 4.78 is 2.02. The minimum atomic E-state index is 0.597. The second-order valence-corrected chi connectivity index (χ2v) is 6.96. The molecule has 1 aromatic heterocycles. The second-order valence-electron chi connectivity index (χ2n) is 6.96. The predicted octanol–water partition coefficient (Wildman–Crippen LogP) is 3.26. The zero-order chi connectivity index (χ0) is 15.5. The first-order chi connectivity index (χ1) is 11.4. The van der Waals surface area contributed by atoms with Crippen LogP contribution in [-0.2, 0) is 6.54 Å². The van der Waals surface area contributed by atoms with Gasteiger partial charge in [0.2, 0.25) is 0 Å². The van der Waals surface area contributed by atoms with E-state index >= 15 is 0 Å². The maximum atomic E-state index is 4.51. The first-order valence-electron chi connectivity index (χ1n) is 8.95. The average Bonchev–Trinajstić information content (AvgIpc) is 3.30. The summed E-state index contributed by atoms with van der Waals surface area (Å²) in [6, 6.07) is 11.8. The highest BCUT2D eigenvalue weighted by atomic mass is 15.3. The monoisotopic (exact) mass is 310 g/mol. The predicted molar refractivity (Wildman–Crippen MR) is 93.5 cm³/mol. The van der Waals surface area contributed by atoms with Gasteiger partial charge in [0.05, 0.1) is 18.4 Å². The Hall–Kier alpha value is -1.81. The molecule has 0 bridgehead atoms. The molecule has 3 atom stereocenters. The van der Waals surface area contributed by atoms with Crippen LogP contribution in [0.5, 0.6) is 0 Å². The zero-order valence-electron chi connectivity index (χ0n) is 13.6. The number of anilines is 1. The molecule has 2 heterocycles. The summed E-state index contributed by atoms with van der Waals surface area (Å²) in [5.74, 6) is 0.773. The first-order valence-corrected chi connectivity index (χ1v) is 8.95. The highest BCUT2D eigenvalue weighted by Crippen LogP contribution is 2.33. The molecule has 2 aliphatic rings. The van der Waals surface area contributed by atoms with E-state index in [1.807, 2.05) is 10.9 Å². The molecule has 4 rings (SSSR count). The van der Waals surface area contributed by atoms with Crippen molar-refractivity contribution < 1.29 is 0 Å². The van der Waals surface area contributed by atoms with Gasteiger partial charge in [-0.1, -0.05) is 36.8 Å². The molecular weight excluding hydrogens is 284 g/mol. The molecule has 2 aromatic rings. The summed E-state index contributed by atoms with van der Waals surface area (Å²) in [5, 5.41) is 12.0. The van der Waals surface area contributed by atoms with Crippen molar-refractivity contribution in [2.45, 2.75) is 50.7 Å². The number of hydrogen-bond acceptors (Lipinski definition) is 3. The molecule has 2 fully saturated rings. The van der Waals surface area contributed by atoms with Crippen LogP contribution < -0.4 is 10.6 Å². The van der Waals surface area contributed by atoms with Crippen LogP contribution in [0.1, 0.15) is 37.7 Å². The lowest BCUT2D eigenvalue weighted by Gasteiger charge is -2.26. The van der Waals surface area contributed by atoms with E-state index < -0.39 is 0 Å². The van der Waals surface area contributed by atoms with E-state index in [2.05, 4.69) is 52.3 Å². The molecule has 1 aliphatic heterocycles. The molecule has 1 aliphatic carbocycles. The van der Waals surface area contributed by atoms with Gasteiger partial charge in [-0.05, 0) is 43.7 Å². The van der Waals surface area contributed by atoms with Crippen LogP contribution in [0.4, 0.5) is 5.69 Å². The van der Waals surface area contributed by atoms with Crippen LogP contribution in [0, 0.1) is 5.92 Å². The summed E-state index contributed by atoms with van der Waals surface area (Å²) in [5.41, 5.74) is 2.45. The largest absolute Gasteiger partial charge is 0.379 e. The normalized spacial score (nSPS) is 27.4. The third-order valence-corrected chi connectivity index (χ3v) is 5.36. The highest BCUT2D eigenvalue weighted by molar-refractivity contribution is 5.40. The molecule has 4 heteroatoms. The van der Waals surface area contributed by atoms with Gasteiger partial charge in [-0.25, -0.2) is 0 Å². The fourth-order valence-electron chi connectivity index (χ4n) is 4.24. The first kappa shape index (κ1) is 14.8. The summed E-state index contributed by atoms with van der Waals surface area (Å²) in [6.07, 6.45) is 10.8. The Morgan fingerprint density at radius 3 is 2.87 bits per heavy atom. The maximum absolute atomic E-state index is 4.51. The quantitative estimate of drug-likeness (QED) is 0.890. The Balaban J connectivity index is 1.39. The molecular formula is C19H26N4. The van der Waals surface area contributed by atoms with Crippen LogP contribution in [0.2, 0.25) is 0 Å². The zero-order valence-corrected chi connectivity index (χ0v) is 13.6. The molecule has 1 saturated carbocycles. The van der Waals surface area contributed by atoms with Crippen molar-refractivity contribution >= 4 is 5.69 Å². The molecule has 0 radical (unpaired) electrons. The van der Waals surface area contributed by atoms with Crippen molar-refractivity contribution in [1.82, 2.24) is 15.1 Å². The van der Waals surface area contributed by atoms with Crippen LogP contribution in [-0.4, -0.2) is 28.4 Å². The van der Waals surface area contributed by atoms with Crippen molar-refractivity contribution in [1.29, 1.82) is 0 Å². The average molecular weight is 310 g/mol.